The fourth-order valence-corrected chi connectivity index (χ4v) is 6.00. The van der Waals surface area contributed by atoms with E-state index < -0.39 is 10.0 Å². The molecule has 5 rings (SSSR count). The molecule has 0 N–H and O–H groups in total. The van der Waals surface area contributed by atoms with E-state index in [1.54, 1.807) is 19.2 Å². The fourth-order valence-electron chi connectivity index (χ4n) is 4.39. The van der Waals surface area contributed by atoms with Crippen molar-refractivity contribution in [2.24, 2.45) is 4.99 Å². The summed E-state index contributed by atoms with van der Waals surface area (Å²) in [7, 11) is -2.21. The molecule has 8 nitrogen and oxygen atoms in total. The minimum atomic E-state index is -3.81. The van der Waals surface area contributed by atoms with Crippen molar-refractivity contribution in [3.8, 4) is 23.3 Å². The van der Waals surface area contributed by atoms with Gasteiger partial charge in [-0.2, -0.15) is 9.57 Å². The summed E-state index contributed by atoms with van der Waals surface area (Å²) >= 11 is 0. The number of benzene rings is 3. The lowest BCUT2D eigenvalue weighted by atomic mass is 10.1. The number of nitriles is 1. The molecular formula is C26H24N4O4S. The van der Waals surface area contributed by atoms with Gasteiger partial charge in [0.1, 0.15) is 17.6 Å². The molecule has 0 aromatic heterocycles. The Kier molecular flexibility index (Phi) is 6.16. The molecule has 0 saturated carbocycles. The van der Waals surface area contributed by atoms with Gasteiger partial charge in [0, 0.05) is 26.2 Å². The monoisotopic (exact) mass is 488 g/mol. The molecule has 0 amide bonds. The predicted molar refractivity (Wildman–Crippen MR) is 132 cm³/mol. The number of rotatable bonds is 3. The SMILES string of the molecule is COc1cccc2c1Oc1ccccc1N=C2N1CCCN(S(=O)(=O)c2ccccc2C#N)CC1. The molecule has 0 spiro atoms. The Morgan fingerprint density at radius 1 is 0.971 bits per heavy atom. The number of sulfonamides is 1. The summed E-state index contributed by atoms with van der Waals surface area (Å²) in [6.07, 6.45) is 0.606. The molecule has 0 radical (unpaired) electrons. The highest BCUT2D eigenvalue weighted by Gasteiger charge is 2.31. The number of ether oxygens (including phenoxy) is 2. The van der Waals surface area contributed by atoms with Gasteiger partial charge in [0.25, 0.3) is 0 Å². The van der Waals surface area contributed by atoms with Gasteiger partial charge >= 0.3 is 0 Å². The Bertz CT molecular complexity index is 1450. The molecular weight excluding hydrogens is 464 g/mol. The second kappa shape index (κ2) is 9.41. The Morgan fingerprint density at radius 3 is 2.60 bits per heavy atom. The molecule has 1 fully saturated rings. The first-order valence-electron chi connectivity index (χ1n) is 11.3. The number of para-hydroxylation sites is 3. The third kappa shape index (κ3) is 4.22. The van der Waals surface area contributed by atoms with Crippen LogP contribution in [-0.2, 0) is 10.0 Å². The number of nitrogens with zero attached hydrogens (tertiary/aromatic N) is 4. The third-order valence-corrected chi connectivity index (χ3v) is 8.08. The summed E-state index contributed by atoms with van der Waals surface area (Å²) in [5, 5.41) is 9.41. The van der Waals surface area contributed by atoms with Crippen molar-refractivity contribution in [2.45, 2.75) is 11.3 Å². The van der Waals surface area contributed by atoms with Gasteiger partial charge < -0.3 is 14.4 Å². The van der Waals surface area contributed by atoms with Crippen molar-refractivity contribution in [2.75, 3.05) is 33.3 Å². The largest absolute Gasteiger partial charge is 0.493 e. The van der Waals surface area contributed by atoms with Crippen molar-refractivity contribution in [3.05, 3.63) is 77.9 Å². The fraction of sp³-hybridized carbons (Fsp3) is 0.231. The molecule has 2 aliphatic rings. The first kappa shape index (κ1) is 22.9. The van der Waals surface area contributed by atoms with E-state index in [1.807, 2.05) is 48.5 Å². The Labute approximate surface area is 204 Å². The summed E-state index contributed by atoms with van der Waals surface area (Å²) in [4.78, 5) is 7.08. The van der Waals surface area contributed by atoms with Crippen LogP contribution in [0.1, 0.15) is 17.5 Å². The van der Waals surface area contributed by atoms with Crippen LogP contribution in [0, 0.1) is 11.3 Å². The average Bonchev–Trinajstić information content (AvgIpc) is 3.24. The second-order valence-electron chi connectivity index (χ2n) is 8.19. The van der Waals surface area contributed by atoms with Crippen LogP contribution in [0.3, 0.4) is 0 Å². The van der Waals surface area contributed by atoms with Gasteiger partial charge in [0.05, 0.1) is 23.1 Å². The van der Waals surface area contributed by atoms with Gasteiger partial charge in [-0.25, -0.2) is 13.4 Å². The molecule has 178 valence electrons. The van der Waals surface area contributed by atoms with Crippen LogP contribution >= 0.6 is 0 Å². The van der Waals surface area contributed by atoms with Crippen molar-refractivity contribution >= 4 is 21.5 Å². The lowest BCUT2D eigenvalue weighted by Crippen LogP contribution is -2.37. The number of hydrogen-bond acceptors (Lipinski definition) is 7. The van der Waals surface area contributed by atoms with E-state index in [4.69, 9.17) is 14.5 Å². The van der Waals surface area contributed by atoms with E-state index in [1.165, 1.54) is 16.4 Å². The maximum Gasteiger partial charge on any atom is 0.244 e. The van der Waals surface area contributed by atoms with Crippen LogP contribution < -0.4 is 9.47 Å². The summed E-state index contributed by atoms with van der Waals surface area (Å²) in [5.41, 5.74) is 1.63. The number of aliphatic imine (C=N–C) groups is 1. The minimum Gasteiger partial charge on any atom is -0.493 e. The van der Waals surface area contributed by atoms with E-state index in [9.17, 15) is 13.7 Å². The summed E-state index contributed by atoms with van der Waals surface area (Å²) < 4.78 is 40.0. The van der Waals surface area contributed by atoms with Crippen LogP contribution in [0.15, 0.2) is 76.6 Å². The number of fused-ring (bicyclic) bond motifs is 2. The molecule has 3 aromatic carbocycles. The van der Waals surface area contributed by atoms with Gasteiger partial charge in [-0.1, -0.05) is 30.3 Å². The predicted octanol–water partition coefficient (Wildman–Crippen LogP) is 4.15. The standard InChI is InChI=1S/C26H24N4O4S/c1-33-23-12-6-9-20-25(23)34-22-11-4-3-10-21(22)28-26(20)29-14-7-15-30(17-16-29)35(31,32)24-13-5-2-8-19(24)18-27/h2-6,8-13H,7,14-17H2,1H3. The first-order chi connectivity index (χ1) is 17.0. The van der Waals surface area contributed by atoms with E-state index in [-0.39, 0.29) is 17.0 Å². The average molecular weight is 489 g/mol. The van der Waals surface area contributed by atoms with Crippen molar-refractivity contribution < 1.29 is 17.9 Å². The highest BCUT2D eigenvalue weighted by molar-refractivity contribution is 7.89. The summed E-state index contributed by atoms with van der Waals surface area (Å²) in [6, 6.07) is 21.5. The molecule has 1 saturated heterocycles. The van der Waals surface area contributed by atoms with E-state index in [2.05, 4.69) is 4.90 Å². The van der Waals surface area contributed by atoms with E-state index >= 15 is 0 Å². The van der Waals surface area contributed by atoms with E-state index in [0.717, 1.165) is 5.56 Å². The van der Waals surface area contributed by atoms with Crippen LogP contribution in [0.25, 0.3) is 0 Å². The smallest absolute Gasteiger partial charge is 0.244 e. The van der Waals surface area contributed by atoms with Crippen LogP contribution in [-0.4, -0.2) is 56.7 Å². The number of methoxy groups -OCH3 is 1. The highest BCUT2D eigenvalue weighted by Crippen LogP contribution is 2.42. The van der Waals surface area contributed by atoms with Crippen LogP contribution in [0.4, 0.5) is 5.69 Å². The van der Waals surface area contributed by atoms with Crippen LogP contribution in [0.5, 0.6) is 17.2 Å². The summed E-state index contributed by atoms with van der Waals surface area (Å²) in [6.45, 7) is 1.67. The maximum absolute atomic E-state index is 13.4. The van der Waals surface area contributed by atoms with Gasteiger partial charge in [-0.05, 0) is 42.8 Å². The molecule has 2 heterocycles. The van der Waals surface area contributed by atoms with Gasteiger partial charge in [0.2, 0.25) is 10.0 Å². The number of hydrogen-bond donors (Lipinski definition) is 0. The Morgan fingerprint density at radius 2 is 1.77 bits per heavy atom. The highest BCUT2D eigenvalue weighted by atomic mass is 32.2. The minimum absolute atomic E-state index is 0.0418. The molecule has 0 atom stereocenters. The third-order valence-electron chi connectivity index (χ3n) is 6.12. The molecule has 0 bridgehead atoms. The molecule has 0 unspecified atom stereocenters. The maximum atomic E-state index is 13.4. The molecule has 0 aliphatic carbocycles. The van der Waals surface area contributed by atoms with Crippen molar-refractivity contribution in [1.29, 1.82) is 5.26 Å². The molecule has 3 aromatic rings. The van der Waals surface area contributed by atoms with Crippen molar-refractivity contribution in [1.82, 2.24) is 9.21 Å². The van der Waals surface area contributed by atoms with Gasteiger partial charge in [-0.3, -0.25) is 0 Å². The molecule has 35 heavy (non-hydrogen) atoms. The summed E-state index contributed by atoms with van der Waals surface area (Å²) in [5.74, 6) is 2.51. The van der Waals surface area contributed by atoms with Gasteiger partial charge in [-0.15, -0.1) is 0 Å². The van der Waals surface area contributed by atoms with E-state index in [0.29, 0.717) is 54.8 Å². The normalized spacial score (nSPS) is 16.0. The zero-order valence-electron chi connectivity index (χ0n) is 19.2. The zero-order chi connectivity index (χ0) is 24.4. The zero-order valence-corrected chi connectivity index (χ0v) is 20.0. The Hall–Kier alpha value is -3.87. The lowest BCUT2D eigenvalue weighted by Gasteiger charge is -2.25. The molecule has 2 aliphatic heterocycles. The Balaban J connectivity index is 1.50. The molecule has 9 heteroatoms. The van der Waals surface area contributed by atoms with Crippen LogP contribution in [0.2, 0.25) is 0 Å². The van der Waals surface area contributed by atoms with Crippen molar-refractivity contribution in [3.63, 3.8) is 0 Å². The topological polar surface area (TPSA) is 95.2 Å². The second-order valence-corrected chi connectivity index (χ2v) is 10.1. The number of amidine groups is 1. The first-order valence-corrected chi connectivity index (χ1v) is 12.7. The quantitative estimate of drug-likeness (QED) is 0.550. The van der Waals surface area contributed by atoms with Gasteiger partial charge in [0.15, 0.2) is 17.2 Å². The lowest BCUT2D eigenvalue weighted by molar-refractivity contribution is 0.378.